The zero-order valence-corrected chi connectivity index (χ0v) is 16.1. The molecule has 0 aliphatic rings. The van der Waals surface area contributed by atoms with E-state index < -0.39 is 18.1 Å². The third-order valence-electron chi connectivity index (χ3n) is 3.98. The third kappa shape index (κ3) is 5.73. The molecule has 0 saturated heterocycles. The predicted molar refractivity (Wildman–Crippen MR) is 106 cm³/mol. The Morgan fingerprint density at radius 2 is 1.86 bits per heavy atom. The van der Waals surface area contributed by atoms with Crippen molar-refractivity contribution in [1.82, 2.24) is 5.43 Å². The number of hydrogen-bond acceptors (Lipinski definition) is 5. The van der Waals surface area contributed by atoms with Gasteiger partial charge in [0.25, 0.3) is 0 Å². The van der Waals surface area contributed by atoms with E-state index in [0.29, 0.717) is 22.7 Å². The molecule has 0 unspecified atom stereocenters. The van der Waals surface area contributed by atoms with Gasteiger partial charge in [0.15, 0.2) is 17.6 Å². The second-order valence-electron chi connectivity index (χ2n) is 6.13. The van der Waals surface area contributed by atoms with E-state index in [2.05, 4.69) is 15.8 Å². The number of urea groups is 1. The van der Waals surface area contributed by atoms with E-state index in [0.717, 1.165) is 11.1 Å². The maximum absolute atomic E-state index is 11.9. The number of aryl methyl sites for hydroxylation is 2. The van der Waals surface area contributed by atoms with Crippen LogP contribution in [0.4, 0.5) is 10.5 Å². The van der Waals surface area contributed by atoms with Gasteiger partial charge in [-0.25, -0.2) is 15.0 Å². The molecule has 0 aliphatic carbocycles. The first-order chi connectivity index (χ1) is 13.3. The van der Waals surface area contributed by atoms with E-state index in [1.54, 1.807) is 18.2 Å². The largest absolute Gasteiger partial charge is 0.493 e. The lowest BCUT2D eigenvalue weighted by atomic mass is 10.1. The summed E-state index contributed by atoms with van der Waals surface area (Å²) in [5.74, 6) is -0.418. The standard InChI is InChI=1S/C20H23N3O5/c1-12-5-7-16(9-13(12)2)22-20(26)23-21-11-15-6-8-17(18(10-15)27-4)28-14(3)19(24)25/h5-11,14H,1-4H3,(H,24,25)(H2,22,23,26)/b21-11+/t14-/m1/s1. The number of anilines is 1. The minimum absolute atomic E-state index is 0.301. The number of hydrazone groups is 1. The van der Waals surface area contributed by atoms with Crippen molar-refractivity contribution in [2.75, 3.05) is 12.4 Å². The fourth-order valence-electron chi connectivity index (χ4n) is 2.25. The second-order valence-corrected chi connectivity index (χ2v) is 6.13. The number of aliphatic carboxylic acids is 1. The maximum atomic E-state index is 11.9. The number of carbonyl (C=O) groups excluding carboxylic acids is 1. The Kier molecular flexibility index (Phi) is 6.97. The maximum Gasteiger partial charge on any atom is 0.344 e. The number of methoxy groups -OCH3 is 1. The monoisotopic (exact) mass is 385 g/mol. The van der Waals surface area contributed by atoms with Crippen molar-refractivity contribution >= 4 is 23.9 Å². The zero-order chi connectivity index (χ0) is 20.7. The first-order valence-electron chi connectivity index (χ1n) is 8.55. The van der Waals surface area contributed by atoms with Crippen LogP contribution in [0.15, 0.2) is 41.5 Å². The molecule has 2 rings (SSSR count). The minimum Gasteiger partial charge on any atom is -0.493 e. The SMILES string of the molecule is COc1cc(/C=N/NC(=O)Nc2ccc(C)c(C)c2)ccc1O[C@H](C)C(=O)O. The van der Waals surface area contributed by atoms with Crippen LogP contribution in [0.3, 0.4) is 0 Å². The Labute approximate surface area is 163 Å². The van der Waals surface area contributed by atoms with Crippen LogP contribution in [0.5, 0.6) is 11.5 Å². The summed E-state index contributed by atoms with van der Waals surface area (Å²) in [7, 11) is 1.45. The van der Waals surface area contributed by atoms with Crippen LogP contribution in [0.25, 0.3) is 0 Å². The molecule has 8 nitrogen and oxygen atoms in total. The van der Waals surface area contributed by atoms with Gasteiger partial charge in [-0.1, -0.05) is 6.07 Å². The number of nitrogens with zero attached hydrogens (tertiary/aromatic N) is 1. The van der Waals surface area contributed by atoms with E-state index >= 15 is 0 Å². The van der Waals surface area contributed by atoms with Gasteiger partial charge in [-0.15, -0.1) is 0 Å². The van der Waals surface area contributed by atoms with Crippen LogP contribution in [0.1, 0.15) is 23.6 Å². The van der Waals surface area contributed by atoms with Gasteiger partial charge in [0.2, 0.25) is 0 Å². The number of amides is 2. The van der Waals surface area contributed by atoms with Gasteiger partial charge in [0.1, 0.15) is 0 Å². The molecule has 0 heterocycles. The van der Waals surface area contributed by atoms with E-state index in [4.69, 9.17) is 14.6 Å². The molecule has 2 amide bonds. The van der Waals surface area contributed by atoms with Gasteiger partial charge >= 0.3 is 12.0 Å². The molecular formula is C20H23N3O5. The lowest BCUT2D eigenvalue weighted by Crippen LogP contribution is -2.24. The van der Waals surface area contributed by atoms with Crippen molar-refractivity contribution < 1.29 is 24.2 Å². The highest BCUT2D eigenvalue weighted by Gasteiger charge is 2.15. The van der Waals surface area contributed by atoms with Crippen LogP contribution in [0.2, 0.25) is 0 Å². The molecule has 2 aromatic carbocycles. The van der Waals surface area contributed by atoms with Gasteiger partial charge in [-0.2, -0.15) is 5.10 Å². The molecule has 28 heavy (non-hydrogen) atoms. The number of ether oxygens (including phenoxy) is 2. The Bertz CT molecular complexity index is 895. The van der Waals surface area contributed by atoms with Crippen LogP contribution in [-0.4, -0.2) is 36.5 Å². The molecule has 148 valence electrons. The van der Waals surface area contributed by atoms with Crippen molar-refractivity contribution in [2.24, 2.45) is 5.10 Å². The molecule has 0 saturated carbocycles. The summed E-state index contributed by atoms with van der Waals surface area (Å²) in [5.41, 5.74) is 5.91. The summed E-state index contributed by atoms with van der Waals surface area (Å²) >= 11 is 0. The number of rotatable bonds is 7. The summed E-state index contributed by atoms with van der Waals surface area (Å²) in [5, 5.41) is 15.5. The van der Waals surface area contributed by atoms with Crippen molar-refractivity contribution in [3.8, 4) is 11.5 Å². The van der Waals surface area contributed by atoms with Gasteiger partial charge in [-0.05, 0) is 67.8 Å². The predicted octanol–water partition coefficient (Wildman–Crippen LogP) is 3.32. The van der Waals surface area contributed by atoms with Crippen molar-refractivity contribution in [2.45, 2.75) is 26.9 Å². The topological polar surface area (TPSA) is 109 Å². The van der Waals surface area contributed by atoms with Crippen LogP contribution < -0.4 is 20.2 Å². The van der Waals surface area contributed by atoms with E-state index in [-0.39, 0.29) is 0 Å². The first-order valence-corrected chi connectivity index (χ1v) is 8.55. The average Bonchev–Trinajstić information content (AvgIpc) is 2.65. The molecule has 8 heteroatoms. The average molecular weight is 385 g/mol. The normalized spacial score (nSPS) is 11.7. The van der Waals surface area contributed by atoms with Gasteiger partial charge < -0.3 is 19.9 Å². The lowest BCUT2D eigenvalue weighted by molar-refractivity contribution is -0.144. The Balaban J connectivity index is 1.98. The fraction of sp³-hybridized carbons (Fsp3) is 0.250. The number of hydrogen-bond donors (Lipinski definition) is 3. The Morgan fingerprint density at radius 3 is 2.50 bits per heavy atom. The first kappa shape index (κ1) is 20.8. The number of benzene rings is 2. The molecule has 0 spiro atoms. The molecule has 3 N–H and O–H groups in total. The number of nitrogens with one attached hydrogen (secondary N) is 2. The number of carbonyl (C=O) groups is 2. The zero-order valence-electron chi connectivity index (χ0n) is 16.1. The van der Waals surface area contributed by atoms with E-state index in [1.165, 1.54) is 20.2 Å². The highest BCUT2D eigenvalue weighted by Crippen LogP contribution is 2.28. The minimum atomic E-state index is -1.08. The highest BCUT2D eigenvalue weighted by atomic mass is 16.5. The van der Waals surface area contributed by atoms with Crippen LogP contribution in [0, 0.1) is 13.8 Å². The summed E-state index contributed by atoms with van der Waals surface area (Å²) < 4.78 is 10.5. The smallest absolute Gasteiger partial charge is 0.344 e. The van der Waals surface area contributed by atoms with Crippen molar-refractivity contribution in [1.29, 1.82) is 0 Å². The molecule has 0 bridgehead atoms. The second kappa shape index (κ2) is 9.40. The third-order valence-corrected chi connectivity index (χ3v) is 3.98. The molecule has 2 aromatic rings. The Morgan fingerprint density at radius 1 is 1.11 bits per heavy atom. The van der Waals surface area contributed by atoms with Gasteiger partial charge in [0, 0.05) is 5.69 Å². The molecular weight excluding hydrogens is 362 g/mol. The van der Waals surface area contributed by atoms with Crippen molar-refractivity contribution in [3.05, 3.63) is 53.1 Å². The molecule has 1 atom stereocenters. The van der Waals surface area contributed by atoms with E-state index in [9.17, 15) is 9.59 Å². The van der Waals surface area contributed by atoms with Crippen LogP contribution >= 0.6 is 0 Å². The van der Waals surface area contributed by atoms with Crippen LogP contribution in [-0.2, 0) is 4.79 Å². The fourth-order valence-corrected chi connectivity index (χ4v) is 2.25. The van der Waals surface area contributed by atoms with Gasteiger partial charge in [0.05, 0.1) is 13.3 Å². The molecule has 0 aromatic heterocycles. The molecule has 0 aliphatic heterocycles. The van der Waals surface area contributed by atoms with E-state index in [1.807, 2.05) is 32.0 Å². The number of carboxylic acid groups (broad SMARTS) is 1. The molecule has 0 fully saturated rings. The summed E-state index contributed by atoms with van der Waals surface area (Å²) in [6.45, 7) is 5.39. The quantitative estimate of drug-likeness (QED) is 0.500. The lowest BCUT2D eigenvalue weighted by Gasteiger charge is -2.14. The van der Waals surface area contributed by atoms with Crippen molar-refractivity contribution in [3.63, 3.8) is 0 Å². The molecule has 0 radical (unpaired) electrons. The van der Waals surface area contributed by atoms with Gasteiger partial charge in [-0.3, -0.25) is 0 Å². The summed E-state index contributed by atoms with van der Waals surface area (Å²) in [6, 6.07) is 10.0. The summed E-state index contributed by atoms with van der Waals surface area (Å²) in [4.78, 5) is 22.8. The highest BCUT2D eigenvalue weighted by molar-refractivity contribution is 5.90. The number of carboxylic acids is 1. The summed E-state index contributed by atoms with van der Waals surface area (Å²) in [6.07, 6.45) is 0.427. The Hall–Kier alpha value is -3.55.